The van der Waals surface area contributed by atoms with Crippen molar-refractivity contribution in [3.63, 3.8) is 0 Å². The Hall–Kier alpha value is -3.10. The number of nitrogens with zero attached hydrogens (tertiary/aromatic N) is 3. The average Bonchev–Trinajstić information content (AvgIpc) is 2.46. The molecule has 9 nitrogen and oxygen atoms in total. The van der Waals surface area contributed by atoms with Crippen molar-refractivity contribution in [3.05, 3.63) is 33.7 Å². The molecule has 110 valence electrons. The lowest BCUT2D eigenvalue weighted by molar-refractivity contribution is 0.351. The van der Waals surface area contributed by atoms with Gasteiger partial charge in [0.25, 0.3) is 5.56 Å². The molecule has 0 atom stereocenters. The predicted octanol–water partition coefficient (Wildman–Crippen LogP) is 0.339. The van der Waals surface area contributed by atoms with E-state index in [2.05, 4.69) is 25.7 Å². The number of aromatic nitrogens is 3. The molecule has 1 heterocycles. The molecule has 2 rings (SSSR count). The Labute approximate surface area is 118 Å². The van der Waals surface area contributed by atoms with Crippen LogP contribution in [0.1, 0.15) is 11.3 Å². The van der Waals surface area contributed by atoms with Gasteiger partial charge in [-0.25, -0.2) is 5.43 Å². The first kappa shape index (κ1) is 14.3. The van der Waals surface area contributed by atoms with E-state index in [1.165, 1.54) is 32.4 Å². The molecule has 0 aliphatic heterocycles. The molecule has 0 radical (unpaired) electrons. The van der Waals surface area contributed by atoms with Crippen molar-refractivity contribution in [2.45, 2.75) is 6.92 Å². The Morgan fingerprint density at radius 2 is 2.14 bits per heavy atom. The smallest absolute Gasteiger partial charge is 0.274 e. The Morgan fingerprint density at radius 3 is 2.81 bits per heavy atom. The summed E-state index contributed by atoms with van der Waals surface area (Å²) in [5.74, 6) is -0.493. The first-order valence-corrected chi connectivity index (χ1v) is 5.84. The molecular weight excluding hydrogens is 278 g/mol. The van der Waals surface area contributed by atoms with Gasteiger partial charge >= 0.3 is 0 Å². The van der Waals surface area contributed by atoms with Gasteiger partial charge in [-0.15, -0.1) is 10.2 Å². The van der Waals surface area contributed by atoms with E-state index in [1.54, 1.807) is 0 Å². The molecular formula is C12H13N5O4. The molecule has 21 heavy (non-hydrogen) atoms. The summed E-state index contributed by atoms with van der Waals surface area (Å²) in [6.45, 7) is 1.53. The topological polar surface area (TPSA) is 133 Å². The molecule has 9 heteroatoms. The second-order valence-electron chi connectivity index (χ2n) is 4.05. The third kappa shape index (κ3) is 3.26. The fraction of sp³-hybridized carbons (Fsp3) is 0.167. The monoisotopic (exact) mass is 291 g/mol. The summed E-state index contributed by atoms with van der Waals surface area (Å²) in [4.78, 5) is 13.7. The van der Waals surface area contributed by atoms with E-state index in [-0.39, 0.29) is 34.5 Å². The normalized spacial score (nSPS) is 10.8. The van der Waals surface area contributed by atoms with Gasteiger partial charge in [-0.3, -0.25) is 9.78 Å². The number of nitrogens with one attached hydrogen (secondary N) is 2. The second-order valence-corrected chi connectivity index (χ2v) is 4.05. The minimum absolute atomic E-state index is 0.0804. The van der Waals surface area contributed by atoms with E-state index in [0.717, 1.165) is 0 Å². The molecule has 1 aromatic heterocycles. The number of rotatable bonds is 4. The number of aromatic hydroxyl groups is 2. The Kier molecular flexibility index (Phi) is 4.02. The lowest BCUT2D eigenvalue weighted by Crippen LogP contribution is -2.15. The van der Waals surface area contributed by atoms with Crippen LogP contribution in [0.25, 0.3) is 0 Å². The van der Waals surface area contributed by atoms with Crippen LogP contribution in [0.5, 0.6) is 17.2 Å². The van der Waals surface area contributed by atoms with E-state index in [1.807, 2.05) is 0 Å². The number of anilines is 1. The standard InChI is InChI=1S/C12H13N5O4/c1-6-11(20)14-12(17-15-6)16-13-5-7-3-8(18)10(19)9(4-7)21-2/h3-5,18-19H,1-2H3,(H2,14,16,17,20)/b13-5+. The number of ether oxygens (including phenoxy) is 1. The van der Waals surface area contributed by atoms with E-state index in [9.17, 15) is 15.0 Å². The molecule has 0 fully saturated rings. The number of hydrogen-bond acceptors (Lipinski definition) is 8. The zero-order valence-corrected chi connectivity index (χ0v) is 11.3. The van der Waals surface area contributed by atoms with Gasteiger partial charge in [-0.05, 0) is 19.1 Å². The molecule has 2 aromatic rings. The van der Waals surface area contributed by atoms with Gasteiger partial charge < -0.3 is 14.9 Å². The van der Waals surface area contributed by atoms with Gasteiger partial charge in [0.05, 0.1) is 13.3 Å². The molecule has 1 aromatic carbocycles. The van der Waals surface area contributed by atoms with Crippen LogP contribution >= 0.6 is 0 Å². The Bertz CT molecular complexity index is 741. The highest BCUT2D eigenvalue weighted by molar-refractivity contribution is 5.82. The summed E-state index contributed by atoms with van der Waals surface area (Å²) in [7, 11) is 1.36. The number of aryl methyl sites for hydroxylation is 1. The highest BCUT2D eigenvalue weighted by Gasteiger charge is 2.08. The second kappa shape index (κ2) is 5.90. The van der Waals surface area contributed by atoms with E-state index >= 15 is 0 Å². The summed E-state index contributed by atoms with van der Waals surface area (Å²) in [6, 6.07) is 2.77. The molecule has 0 aliphatic rings. The van der Waals surface area contributed by atoms with Crippen molar-refractivity contribution >= 4 is 12.2 Å². The highest BCUT2D eigenvalue weighted by atomic mass is 16.5. The quantitative estimate of drug-likeness (QED) is 0.362. The van der Waals surface area contributed by atoms with Gasteiger partial charge in [-0.2, -0.15) is 5.10 Å². The molecule has 0 spiro atoms. The zero-order valence-electron chi connectivity index (χ0n) is 11.3. The molecule has 0 bridgehead atoms. The minimum Gasteiger partial charge on any atom is -0.504 e. The van der Waals surface area contributed by atoms with Crippen molar-refractivity contribution in [3.8, 4) is 17.2 Å². The van der Waals surface area contributed by atoms with E-state index < -0.39 is 0 Å². The van der Waals surface area contributed by atoms with Crippen molar-refractivity contribution in [2.75, 3.05) is 12.5 Å². The van der Waals surface area contributed by atoms with Gasteiger partial charge in [0.15, 0.2) is 11.5 Å². The summed E-state index contributed by atoms with van der Waals surface area (Å²) in [5.41, 5.74) is 2.84. The lowest BCUT2D eigenvalue weighted by atomic mass is 10.2. The predicted molar refractivity (Wildman–Crippen MR) is 74.9 cm³/mol. The van der Waals surface area contributed by atoms with Gasteiger partial charge in [-0.1, -0.05) is 0 Å². The maximum Gasteiger partial charge on any atom is 0.274 e. The average molecular weight is 291 g/mol. The fourth-order valence-corrected chi connectivity index (χ4v) is 1.46. The third-order valence-electron chi connectivity index (χ3n) is 2.54. The highest BCUT2D eigenvalue weighted by Crippen LogP contribution is 2.35. The molecule has 0 amide bonds. The summed E-state index contributed by atoms with van der Waals surface area (Å²) in [5, 5.41) is 30.2. The summed E-state index contributed by atoms with van der Waals surface area (Å²) >= 11 is 0. The molecule has 4 N–H and O–H groups in total. The van der Waals surface area contributed by atoms with Crippen molar-refractivity contribution in [1.29, 1.82) is 0 Å². The number of phenolic OH excluding ortho intramolecular Hbond substituents is 2. The maximum absolute atomic E-state index is 11.3. The Balaban J connectivity index is 2.16. The van der Waals surface area contributed by atoms with E-state index in [0.29, 0.717) is 5.56 Å². The first-order valence-electron chi connectivity index (χ1n) is 5.84. The van der Waals surface area contributed by atoms with Crippen LogP contribution in [0.3, 0.4) is 0 Å². The van der Waals surface area contributed by atoms with Crippen LogP contribution in [0.4, 0.5) is 5.95 Å². The molecule has 0 saturated heterocycles. The van der Waals surface area contributed by atoms with Crippen LogP contribution in [-0.2, 0) is 0 Å². The summed E-state index contributed by atoms with van der Waals surface area (Å²) < 4.78 is 4.90. The zero-order chi connectivity index (χ0) is 15.4. The molecule has 0 unspecified atom stereocenters. The number of methoxy groups -OCH3 is 1. The van der Waals surface area contributed by atoms with Gasteiger partial charge in [0, 0.05) is 5.56 Å². The molecule has 0 aliphatic carbocycles. The number of H-pyrrole nitrogens is 1. The largest absolute Gasteiger partial charge is 0.504 e. The number of hydrogen-bond donors (Lipinski definition) is 4. The maximum atomic E-state index is 11.3. The van der Waals surface area contributed by atoms with Crippen molar-refractivity contribution in [2.24, 2.45) is 5.10 Å². The van der Waals surface area contributed by atoms with Gasteiger partial charge in [0.1, 0.15) is 5.69 Å². The van der Waals surface area contributed by atoms with Crippen LogP contribution in [-0.4, -0.2) is 38.7 Å². The summed E-state index contributed by atoms with van der Waals surface area (Å²) in [6.07, 6.45) is 1.35. The van der Waals surface area contributed by atoms with Crippen LogP contribution in [0.2, 0.25) is 0 Å². The van der Waals surface area contributed by atoms with E-state index in [4.69, 9.17) is 4.74 Å². The lowest BCUT2D eigenvalue weighted by Gasteiger charge is -2.06. The number of hydrazone groups is 1. The van der Waals surface area contributed by atoms with Crippen LogP contribution < -0.4 is 15.7 Å². The molecule has 0 saturated carbocycles. The first-order chi connectivity index (χ1) is 10.0. The fourth-order valence-electron chi connectivity index (χ4n) is 1.46. The number of benzene rings is 1. The van der Waals surface area contributed by atoms with Crippen molar-refractivity contribution < 1.29 is 14.9 Å². The van der Waals surface area contributed by atoms with Crippen molar-refractivity contribution in [1.82, 2.24) is 15.2 Å². The number of phenols is 2. The minimum atomic E-state index is -0.369. The Morgan fingerprint density at radius 1 is 1.38 bits per heavy atom. The third-order valence-corrected chi connectivity index (χ3v) is 2.54. The van der Waals surface area contributed by atoms with Crippen LogP contribution in [0.15, 0.2) is 22.0 Å². The SMILES string of the molecule is COc1cc(/C=N/Nc2nnc(C)c(=O)[nH]2)cc(O)c1O. The van der Waals surface area contributed by atoms with Gasteiger partial charge in [0.2, 0.25) is 11.7 Å². The number of aromatic amines is 1. The van der Waals surface area contributed by atoms with Crippen LogP contribution in [0, 0.1) is 6.92 Å².